The predicted octanol–water partition coefficient (Wildman–Crippen LogP) is 10.4. The molecule has 1 fully saturated rings. The summed E-state index contributed by atoms with van der Waals surface area (Å²) in [4.78, 5) is 0. The molecule has 3 nitrogen and oxygen atoms in total. The van der Waals surface area contributed by atoms with Crippen molar-refractivity contribution in [1.29, 1.82) is 0 Å². The fourth-order valence-corrected chi connectivity index (χ4v) is 4.97. The molecule has 45 heavy (non-hydrogen) atoms. The normalized spacial score (nSPS) is 17.6. The van der Waals surface area contributed by atoms with Crippen LogP contribution in [0.5, 0.6) is 17.2 Å². The summed E-state index contributed by atoms with van der Waals surface area (Å²) >= 11 is 0. The summed E-state index contributed by atoms with van der Waals surface area (Å²) in [7, 11) is 0. The van der Waals surface area contributed by atoms with E-state index in [9.17, 15) is 48.3 Å². The monoisotopic (exact) mass is 654 g/mol. The molecule has 1 aliphatic rings. The number of benzene rings is 3. The first-order valence-electron chi connectivity index (χ1n) is 13.6. The molecular weight excluding hydrogens is 629 g/mol. The Bertz CT molecular complexity index is 1500. The minimum absolute atomic E-state index is 0.0745. The number of ether oxygens (including phenoxy) is 3. The van der Waals surface area contributed by atoms with Gasteiger partial charge in [0.25, 0.3) is 0 Å². The molecule has 14 heteroatoms. The summed E-state index contributed by atoms with van der Waals surface area (Å²) in [6, 6.07) is 2.31. The molecule has 4 rings (SSSR count). The molecule has 0 N–H and O–H groups in total. The molecule has 0 atom stereocenters. The van der Waals surface area contributed by atoms with Crippen molar-refractivity contribution in [3.8, 4) is 17.2 Å². The molecule has 0 radical (unpaired) electrons. The molecule has 1 saturated carbocycles. The van der Waals surface area contributed by atoms with E-state index in [2.05, 4.69) is 20.8 Å². The Balaban J connectivity index is 1.43. The Labute approximate surface area is 250 Å². The molecule has 0 aliphatic heterocycles. The van der Waals surface area contributed by atoms with E-state index < -0.39 is 81.7 Å². The van der Waals surface area contributed by atoms with Crippen LogP contribution in [0.2, 0.25) is 0 Å². The standard InChI is InChI=1S/C31H25F11O3/c1-2-3-4-17-5-7-18(8-6-17)29(37,38)43-19-9-11-22(24(32)13-19)30(39,40)44-20-10-12-23(25(33)14-20)31(41,42)45-21-15-26(34)28(36)27(35)16-21/h2,9-18H,1,3-8H2. The van der Waals surface area contributed by atoms with E-state index in [-0.39, 0.29) is 43.0 Å². The molecule has 0 saturated heterocycles. The SMILES string of the molecule is C=CCCC1CCC(C(F)(F)Oc2ccc(C(F)(F)Oc3ccc(C(F)(F)Oc4cc(F)c(F)c(F)c4)c(F)c3)c(F)c2)CC1. The van der Waals surface area contributed by atoms with Crippen LogP contribution in [0.15, 0.2) is 61.2 Å². The van der Waals surface area contributed by atoms with Gasteiger partial charge in [0.15, 0.2) is 17.5 Å². The second kappa shape index (κ2) is 13.2. The Hall–Kier alpha value is -3.97. The van der Waals surface area contributed by atoms with Crippen LogP contribution in [0.1, 0.15) is 49.7 Å². The number of hydrogen-bond acceptors (Lipinski definition) is 3. The van der Waals surface area contributed by atoms with Crippen LogP contribution >= 0.6 is 0 Å². The molecule has 0 amide bonds. The topological polar surface area (TPSA) is 27.7 Å². The van der Waals surface area contributed by atoms with E-state index >= 15 is 0 Å². The minimum Gasteiger partial charge on any atom is -0.432 e. The minimum atomic E-state index is -4.63. The third-order valence-corrected chi connectivity index (χ3v) is 7.31. The first-order chi connectivity index (χ1) is 21.0. The van der Waals surface area contributed by atoms with Crippen molar-refractivity contribution in [2.24, 2.45) is 11.8 Å². The lowest BCUT2D eigenvalue weighted by Gasteiger charge is -2.33. The van der Waals surface area contributed by atoms with Crippen LogP contribution in [-0.4, -0.2) is 6.11 Å². The Morgan fingerprint density at radius 2 is 1.07 bits per heavy atom. The van der Waals surface area contributed by atoms with Gasteiger partial charge in [-0.25, -0.2) is 22.0 Å². The second-order valence-corrected chi connectivity index (χ2v) is 10.5. The molecule has 0 spiro atoms. The zero-order chi connectivity index (χ0) is 33.2. The first kappa shape index (κ1) is 33.9. The lowest BCUT2D eigenvalue weighted by molar-refractivity contribution is -0.223. The van der Waals surface area contributed by atoms with E-state index in [0.717, 1.165) is 12.8 Å². The summed E-state index contributed by atoms with van der Waals surface area (Å²) in [6.07, 6.45) is -8.18. The fourth-order valence-electron chi connectivity index (χ4n) is 4.97. The molecule has 0 aromatic heterocycles. The number of halogens is 11. The molecular formula is C31H25F11O3. The van der Waals surface area contributed by atoms with Gasteiger partial charge in [-0.3, -0.25) is 0 Å². The van der Waals surface area contributed by atoms with Gasteiger partial charge in [0.1, 0.15) is 40.0 Å². The van der Waals surface area contributed by atoms with Crippen LogP contribution in [-0.2, 0) is 12.2 Å². The van der Waals surface area contributed by atoms with Gasteiger partial charge in [-0.1, -0.05) is 6.08 Å². The Kier molecular flexibility index (Phi) is 9.93. The van der Waals surface area contributed by atoms with Crippen molar-refractivity contribution in [3.05, 3.63) is 101 Å². The number of alkyl halides is 6. The quantitative estimate of drug-likeness (QED) is 0.111. The highest BCUT2D eigenvalue weighted by atomic mass is 19.3. The van der Waals surface area contributed by atoms with E-state index in [1.54, 1.807) is 6.08 Å². The second-order valence-electron chi connectivity index (χ2n) is 10.5. The van der Waals surface area contributed by atoms with Gasteiger partial charge in [0.05, 0.1) is 5.92 Å². The maximum absolute atomic E-state index is 14.8. The van der Waals surface area contributed by atoms with Gasteiger partial charge in [0.2, 0.25) is 0 Å². The molecule has 0 bridgehead atoms. The molecule has 0 unspecified atom stereocenters. The number of allylic oxidation sites excluding steroid dienone is 1. The molecule has 0 heterocycles. The van der Waals surface area contributed by atoms with E-state index in [0.29, 0.717) is 37.1 Å². The fraction of sp³-hybridized carbons (Fsp3) is 0.355. The van der Waals surface area contributed by atoms with E-state index in [4.69, 9.17) is 0 Å². The van der Waals surface area contributed by atoms with E-state index in [1.165, 1.54) is 0 Å². The van der Waals surface area contributed by atoms with Crippen molar-refractivity contribution in [2.75, 3.05) is 0 Å². The van der Waals surface area contributed by atoms with Crippen LogP contribution in [0.4, 0.5) is 48.3 Å². The summed E-state index contributed by atoms with van der Waals surface area (Å²) in [6.45, 7) is 3.63. The third-order valence-electron chi connectivity index (χ3n) is 7.31. The lowest BCUT2D eigenvalue weighted by Crippen LogP contribution is -2.37. The van der Waals surface area contributed by atoms with Crippen LogP contribution in [0.3, 0.4) is 0 Å². The largest absolute Gasteiger partial charge is 0.432 e. The Morgan fingerprint density at radius 3 is 1.53 bits per heavy atom. The molecule has 3 aromatic rings. The summed E-state index contributed by atoms with van der Waals surface area (Å²) in [5, 5.41) is 0. The van der Waals surface area contributed by atoms with Gasteiger partial charge in [-0.05, 0) is 68.7 Å². The third kappa shape index (κ3) is 8.01. The zero-order valence-corrected chi connectivity index (χ0v) is 23.2. The molecule has 244 valence electrons. The van der Waals surface area contributed by atoms with Crippen LogP contribution < -0.4 is 14.2 Å². The average Bonchev–Trinajstić information content (AvgIpc) is 2.94. The summed E-state index contributed by atoms with van der Waals surface area (Å²) in [5.74, 6) is -13.2. The van der Waals surface area contributed by atoms with Gasteiger partial charge in [-0.2, -0.15) is 26.3 Å². The van der Waals surface area contributed by atoms with Crippen LogP contribution in [0.25, 0.3) is 0 Å². The van der Waals surface area contributed by atoms with E-state index in [1.807, 2.05) is 0 Å². The highest BCUT2D eigenvalue weighted by Crippen LogP contribution is 2.43. The lowest BCUT2D eigenvalue weighted by atomic mass is 9.79. The zero-order valence-electron chi connectivity index (χ0n) is 23.2. The van der Waals surface area contributed by atoms with Gasteiger partial charge in [-0.15, -0.1) is 6.58 Å². The van der Waals surface area contributed by atoms with Crippen molar-refractivity contribution < 1.29 is 62.5 Å². The molecule has 1 aliphatic carbocycles. The average molecular weight is 655 g/mol. The predicted molar refractivity (Wildman–Crippen MR) is 139 cm³/mol. The van der Waals surface area contributed by atoms with Crippen molar-refractivity contribution >= 4 is 0 Å². The maximum Gasteiger partial charge on any atom is 0.429 e. The molecule has 3 aromatic carbocycles. The van der Waals surface area contributed by atoms with Crippen molar-refractivity contribution in [1.82, 2.24) is 0 Å². The number of rotatable bonds is 12. The number of hydrogen-bond donors (Lipinski definition) is 0. The van der Waals surface area contributed by atoms with Crippen LogP contribution in [0, 0.1) is 40.9 Å². The highest BCUT2D eigenvalue weighted by molar-refractivity contribution is 5.35. The van der Waals surface area contributed by atoms with Gasteiger partial charge in [0, 0.05) is 24.3 Å². The van der Waals surface area contributed by atoms with Crippen molar-refractivity contribution in [2.45, 2.75) is 56.9 Å². The highest BCUT2D eigenvalue weighted by Gasteiger charge is 2.45. The van der Waals surface area contributed by atoms with Gasteiger partial charge < -0.3 is 14.2 Å². The first-order valence-corrected chi connectivity index (χ1v) is 13.6. The Morgan fingerprint density at radius 1 is 0.622 bits per heavy atom. The summed E-state index contributed by atoms with van der Waals surface area (Å²) < 4.78 is 170. The summed E-state index contributed by atoms with van der Waals surface area (Å²) in [5.41, 5.74) is -3.04. The smallest absolute Gasteiger partial charge is 0.429 e. The maximum atomic E-state index is 14.8. The van der Waals surface area contributed by atoms with Crippen molar-refractivity contribution in [3.63, 3.8) is 0 Å². The van der Waals surface area contributed by atoms with Gasteiger partial charge >= 0.3 is 18.3 Å².